The average molecular weight is 477 g/mol. The lowest BCUT2D eigenvalue weighted by Crippen LogP contribution is -2.05. The maximum Gasteiger partial charge on any atom is 0.269 e. The number of non-ortho nitro benzene ring substituents is 1. The largest absolute Gasteiger partial charge is 0.503 e. The number of nitro groups is 1. The first-order valence-electron chi connectivity index (χ1n) is 10.0. The van der Waals surface area contributed by atoms with Crippen molar-refractivity contribution in [3.8, 4) is 28.6 Å². The van der Waals surface area contributed by atoms with Gasteiger partial charge in [-0.25, -0.2) is 0 Å². The molecule has 3 aromatic carbocycles. The SMILES string of the molecule is CC(=O)c1ccc(-n2c(O)c(O)c(C(=O)c3ccc(Cl)cc3)c2-c2ccc([N+](=O)[O-])cc2)cc1. The van der Waals surface area contributed by atoms with Crippen LogP contribution in [0.25, 0.3) is 16.9 Å². The predicted octanol–water partition coefficient (Wildman–Crippen LogP) is 5.55. The summed E-state index contributed by atoms with van der Waals surface area (Å²) in [6, 6.07) is 17.6. The molecule has 0 amide bonds. The second-order valence-electron chi connectivity index (χ2n) is 7.47. The average Bonchev–Trinajstić information content (AvgIpc) is 3.09. The summed E-state index contributed by atoms with van der Waals surface area (Å²) in [4.78, 5) is 35.6. The van der Waals surface area contributed by atoms with E-state index in [-0.39, 0.29) is 28.3 Å². The number of benzene rings is 3. The number of ketones is 2. The summed E-state index contributed by atoms with van der Waals surface area (Å²) in [5.41, 5.74) is 1.13. The maximum absolute atomic E-state index is 13.4. The third kappa shape index (κ3) is 4.02. The molecule has 8 nitrogen and oxygen atoms in total. The Morgan fingerprint density at radius 2 is 1.44 bits per heavy atom. The molecule has 0 saturated carbocycles. The van der Waals surface area contributed by atoms with Crippen LogP contribution < -0.4 is 0 Å². The third-order valence-corrected chi connectivity index (χ3v) is 5.59. The number of Topliss-reactive ketones (excluding diaryl/α,β-unsaturated/α-hetero) is 1. The minimum absolute atomic E-state index is 0.125. The molecule has 9 heteroatoms. The first kappa shape index (κ1) is 22.8. The Labute approximate surface area is 198 Å². The number of aromatic hydroxyl groups is 2. The van der Waals surface area contributed by atoms with Gasteiger partial charge >= 0.3 is 0 Å². The highest BCUT2D eigenvalue weighted by atomic mass is 35.5. The second-order valence-corrected chi connectivity index (χ2v) is 7.91. The summed E-state index contributed by atoms with van der Waals surface area (Å²) in [6.07, 6.45) is 0. The van der Waals surface area contributed by atoms with Crippen LogP contribution in [0.5, 0.6) is 11.6 Å². The quantitative estimate of drug-likeness (QED) is 0.213. The number of carbonyl (C=O) groups excluding carboxylic acids is 2. The van der Waals surface area contributed by atoms with Gasteiger partial charge in [0.1, 0.15) is 0 Å². The topological polar surface area (TPSA) is 123 Å². The van der Waals surface area contributed by atoms with Crippen LogP contribution in [-0.2, 0) is 0 Å². The fourth-order valence-corrected chi connectivity index (χ4v) is 3.75. The molecule has 0 saturated heterocycles. The molecule has 0 aliphatic carbocycles. The smallest absolute Gasteiger partial charge is 0.269 e. The highest BCUT2D eigenvalue weighted by Gasteiger charge is 2.30. The predicted molar refractivity (Wildman–Crippen MR) is 126 cm³/mol. The van der Waals surface area contributed by atoms with Crippen LogP contribution in [0, 0.1) is 10.1 Å². The Morgan fingerprint density at radius 1 is 0.882 bits per heavy atom. The zero-order valence-electron chi connectivity index (χ0n) is 17.7. The summed E-state index contributed by atoms with van der Waals surface area (Å²) in [6.45, 7) is 1.42. The van der Waals surface area contributed by atoms with Gasteiger partial charge in [0.15, 0.2) is 17.3 Å². The van der Waals surface area contributed by atoms with Gasteiger partial charge in [-0.05, 0) is 67.6 Å². The number of hydrogen-bond acceptors (Lipinski definition) is 6. The van der Waals surface area contributed by atoms with Gasteiger partial charge in [0, 0.05) is 39.5 Å². The molecule has 4 aromatic rings. The van der Waals surface area contributed by atoms with Crippen molar-refractivity contribution in [2.75, 3.05) is 0 Å². The summed E-state index contributed by atoms with van der Waals surface area (Å²) in [5.74, 6) is -1.98. The minimum Gasteiger partial charge on any atom is -0.503 e. The molecule has 0 fully saturated rings. The van der Waals surface area contributed by atoms with Gasteiger partial charge in [-0.1, -0.05) is 11.6 Å². The van der Waals surface area contributed by atoms with E-state index < -0.39 is 22.3 Å². The van der Waals surface area contributed by atoms with E-state index in [2.05, 4.69) is 0 Å². The van der Waals surface area contributed by atoms with Crippen molar-refractivity contribution in [2.24, 2.45) is 0 Å². The standard InChI is InChI=1S/C25H17ClN2O6/c1-14(29)15-4-10-19(11-5-15)27-22(16-6-12-20(13-7-16)28(33)34)21(24(31)25(27)32)23(30)17-2-8-18(26)9-3-17/h2-13,31-32H,1H3. The zero-order chi connectivity index (χ0) is 24.6. The molecule has 2 N–H and O–H groups in total. The Balaban J connectivity index is 1.98. The van der Waals surface area contributed by atoms with Gasteiger partial charge in [0.05, 0.1) is 16.2 Å². The molecule has 0 spiro atoms. The number of aromatic nitrogens is 1. The van der Waals surface area contributed by atoms with E-state index in [9.17, 15) is 29.9 Å². The van der Waals surface area contributed by atoms with Crippen LogP contribution in [-0.4, -0.2) is 31.3 Å². The molecule has 1 heterocycles. The Bertz CT molecular complexity index is 1420. The fourth-order valence-electron chi connectivity index (χ4n) is 3.62. The molecular formula is C25H17ClN2O6. The van der Waals surface area contributed by atoms with E-state index in [0.29, 0.717) is 21.8 Å². The van der Waals surface area contributed by atoms with E-state index in [0.717, 1.165) is 0 Å². The molecule has 1 aromatic heterocycles. The van der Waals surface area contributed by atoms with Crippen molar-refractivity contribution >= 4 is 28.9 Å². The number of hydrogen-bond donors (Lipinski definition) is 2. The molecule has 0 unspecified atom stereocenters. The minimum atomic E-state index is -0.649. The number of halogens is 1. The molecule has 170 valence electrons. The van der Waals surface area contributed by atoms with Gasteiger partial charge in [-0.2, -0.15) is 0 Å². The van der Waals surface area contributed by atoms with Crippen molar-refractivity contribution in [1.29, 1.82) is 0 Å². The summed E-state index contributed by atoms with van der Waals surface area (Å²) < 4.78 is 1.25. The molecule has 0 aliphatic rings. The van der Waals surface area contributed by atoms with Crippen LogP contribution in [0.3, 0.4) is 0 Å². The highest BCUT2D eigenvalue weighted by Crippen LogP contribution is 2.44. The number of carbonyl (C=O) groups is 2. The van der Waals surface area contributed by atoms with Crippen LogP contribution in [0.1, 0.15) is 33.2 Å². The Kier molecular flexibility index (Phi) is 5.91. The van der Waals surface area contributed by atoms with Crippen LogP contribution >= 0.6 is 11.6 Å². The first-order valence-corrected chi connectivity index (χ1v) is 10.4. The van der Waals surface area contributed by atoms with E-state index >= 15 is 0 Å². The molecule has 34 heavy (non-hydrogen) atoms. The van der Waals surface area contributed by atoms with Crippen molar-refractivity contribution < 1.29 is 24.7 Å². The maximum atomic E-state index is 13.4. The highest BCUT2D eigenvalue weighted by molar-refractivity contribution is 6.30. The van der Waals surface area contributed by atoms with Gasteiger partial charge in [0.25, 0.3) is 5.69 Å². The monoisotopic (exact) mass is 476 g/mol. The zero-order valence-corrected chi connectivity index (χ0v) is 18.5. The molecule has 0 radical (unpaired) electrons. The number of nitrogens with zero attached hydrogens (tertiary/aromatic N) is 2. The van der Waals surface area contributed by atoms with Crippen LogP contribution in [0.2, 0.25) is 5.02 Å². The van der Waals surface area contributed by atoms with E-state index in [4.69, 9.17) is 11.6 Å². The number of rotatable bonds is 6. The lowest BCUT2D eigenvalue weighted by atomic mass is 9.99. The van der Waals surface area contributed by atoms with Crippen molar-refractivity contribution in [1.82, 2.24) is 4.57 Å². The van der Waals surface area contributed by atoms with Gasteiger partial charge < -0.3 is 10.2 Å². The Morgan fingerprint density at radius 3 is 1.97 bits per heavy atom. The van der Waals surface area contributed by atoms with E-state index in [1.165, 1.54) is 60.0 Å². The summed E-state index contributed by atoms with van der Waals surface area (Å²) >= 11 is 5.92. The van der Waals surface area contributed by atoms with Crippen LogP contribution in [0.4, 0.5) is 5.69 Å². The Hall–Kier alpha value is -4.43. The molecule has 0 atom stereocenters. The van der Waals surface area contributed by atoms with E-state index in [1.54, 1.807) is 24.3 Å². The lowest BCUT2D eigenvalue weighted by molar-refractivity contribution is -0.384. The molecule has 0 aliphatic heterocycles. The van der Waals surface area contributed by atoms with Crippen LogP contribution in [0.15, 0.2) is 72.8 Å². The van der Waals surface area contributed by atoms with Crippen molar-refractivity contribution in [2.45, 2.75) is 6.92 Å². The molecular weight excluding hydrogens is 460 g/mol. The summed E-state index contributed by atoms with van der Waals surface area (Å²) in [5, 5.41) is 33.2. The fraction of sp³-hybridized carbons (Fsp3) is 0.0400. The van der Waals surface area contributed by atoms with Gasteiger partial charge in [-0.15, -0.1) is 0 Å². The molecule has 0 bridgehead atoms. The van der Waals surface area contributed by atoms with Crippen molar-refractivity contribution in [3.63, 3.8) is 0 Å². The normalized spacial score (nSPS) is 10.8. The molecule has 4 rings (SSSR count). The third-order valence-electron chi connectivity index (χ3n) is 5.34. The lowest BCUT2D eigenvalue weighted by Gasteiger charge is -2.12. The first-order chi connectivity index (χ1) is 16.2. The summed E-state index contributed by atoms with van der Waals surface area (Å²) in [7, 11) is 0. The van der Waals surface area contributed by atoms with Gasteiger partial charge in [0.2, 0.25) is 5.88 Å². The van der Waals surface area contributed by atoms with Gasteiger partial charge in [-0.3, -0.25) is 24.3 Å². The van der Waals surface area contributed by atoms with E-state index in [1.807, 2.05) is 0 Å². The number of nitro benzene ring substituents is 1. The second kappa shape index (κ2) is 8.84. The van der Waals surface area contributed by atoms with Crippen molar-refractivity contribution in [3.05, 3.63) is 105 Å².